The third-order valence-electron chi connectivity index (χ3n) is 11.7. The Morgan fingerprint density at radius 2 is 1.79 bits per heavy atom. The van der Waals surface area contributed by atoms with Crippen LogP contribution in [0.2, 0.25) is 5.02 Å². The lowest BCUT2D eigenvalue weighted by atomic mass is 9.92. The van der Waals surface area contributed by atoms with E-state index < -0.39 is 12.2 Å². The van der Waals surface area contributed by atoms with Gasteiger partial charge in [0.05, 0.1) is 33.9 Å². The number of benzene rings is 2. The minimum atomic E-state index is -1.03. The second-order valence-corrected chi connectivity index (χ2v) is 15.8. The van der Waals surface area contributed by atoms with Crippen molar-refractivity contribution in [3.8, 4) is 11.8 Å². The van der Waals surface area contributed by atoms with Gasteiger partial charge >= 0.3 is 6.03 Å². The Morgan fingerprint density at radius 3 is 2.49 bits per heavy atom. The number of halogens is 3. The molecule has 13 nitrogen and oxygen atoms in total. The van der Waals surface area contributed by atoms with E-state index in [1.807, 2.05) is 41.1 Å². The van der Waals surface area contributed by atoms with Gasteiger partial charge in [-0.2, -0.15) is 5.26 Å². The van der Waals surface area contributed by atoms with Gasteiger partial charge < -0.3 is 24.4 Å². The number of fused-ring (bicyclic) bond motifs is 1. The highest BCUT2D eigenvalue weighted by molar-refractivity contribution is 6.31. The fourth-order valence-corrected chi connectivity index (χ4v) is 8.90. The van der Waals surface area contributed by atoms with Crippen molar-refractivity contribution in [2.75, 3.05) is 49.1 Å². The summed E-state index contributed by atoms with van der Waals surface area (Å²) in [6.07, 6.45) is 6.91. The van der Waals surface area contributed by atoms with Gasteiger partial charge in [0.15, 0.2) is 11.5 Å². The maximum atomic E-state index is 15.9. The fraction of sp³-hybridized carbons (Fsp3) is 0.463. The summed E-state index contributed by atoms with van der Waals surface area (Å²) >= 11 is 6.14. The number of piperidine rings is 2. The normalized spacial score (nSPS) is 23.4. The molecule has 0 radical (unpaired) electrons. The number of amides is 4. The van der Waals surface area contributed by atoms with E-state index in [1.165, 1.54) is 0 Å². The summed E-state index contributed by atoms with van der Waals surface area (Å²) in [6, 6.07) is 17.7. The molecule has 0 bridgehead atoms. The number of carbonyl (C=O) groups excluding carboxylic acids is 3. The van der Waals surface area contributed by atoms with Gasteiger partial charge in [0.2, 0.25) is 5.91 Å². The van der Waals surface area contributed by atoms with Crippen LogP contribution in [-0.2, 0) is 4.79 Å². The van der Waals surface area contributed by atoms with E-state index in [2.05, 4.69) is 36.7 Å². The highest BCUT2D eigenvalue weighted by Gasteiger charge is 2.34. The second-order valence-electron chi connectivity index (χ2n) is 15.3. The zero-order valence-electron chi connectivity index (χ0n) is 31.5. The molecule has 57 heavy (non-hydrogen) atoms. The van der Waals surface area contributed by atoms with Gasteiger partial charge in [-0.3, -0.25) is 19.8 Å². The van der Waals surface area contributed by atoms with E-state index in [-0.39, 0.29) is 48.8 Å². The molecule has 16 heteroatoms. The van der Waals surface area contributed by atoms with Gasteiger partial charge in [-0.15, -0.1) is 22.6 Å². The number of nitrogens with one attached hydrogen (secondary N) is 2. The van der Waals surface area contributed by atoms with Crippen molar-refractivity contribution in [1.82, 2.24) is 30.3 Å². The topological polar surface area (TPSA) is 149 Å². The van der Waals surface area contributed by atoms with Crippen LogP contribution in [0.3, 0.4) is 0 Å². The number of imide groups is 1. The van der Waals surface area contributed by atoms with E-state index in [1.54, 1.807) is 29.2 Å². The molecule has 3 saturated heterocycles. The van der Waals surface area contributed by atoms with Crippen LogP contribution in [0.25, 0.3) is 10.9 Å². The average molecular weight is 819 g/mol. The lowest BCUT2D eigenvalue weighted by Crippen LogP contribution is -2.49. The lowest BCUT2D eigenvalue weighted by Gasteiger charge is -2.39. The smallest absolute Gasteiger partial charge is 0.328 e. The zero-order chi connectivity index (χ0) is 38.8. The van der Waals surface area contributed by atoms with Crippen molar-refractivity contribution in [1.29, 1.82) is 5.26 Å². The molecule has 4 fully saturated rings. The van der Waals surface area contributed by atoms with Crippen LogP contribution in [-0.4, -0.2) is 95.1 Å². The maximum Gasteiger partial charge on any atom is 0.328 e. The number of rotatable bonds is 9. The van der Waals surface area contributed by atoms with Crippen LogP contribution < -0.4 is 25.2 Å². The Morgan fingerprint density at radius 1 is 0.982 bits per heavy atom. The fourth-order valence-electron chi connectivity index (χ4n) is 8.69. The van der Waals surface area contributed by atoms with E-state index in [4.69, 9.17) is 21.6 Å². The largest absolute Gasteiger partial charge is 0.490 e. The maximum absolute atomic E-state index is 15.9. The first kappa shape index (κ1) is 40.2. The van der Waals surface area contributed by atoms with Gasteiger partial charge in [-0.05, 0) is 93.3 Å². The molecule has 1 saturated carbocycles. The molecule has 2 atom stereocenters. The Labute approximate surface area is 341 Å². The quantitative estimate of drug-likeness (QED) is 0.195. The molecule has 0 spiro atoms. The van der Waals surface area contributed by atoms with Crippen LogP contribution >= 0.6 is 24.0 Å². The number of hydrogen-bond donors (Lipinski definition) is 2. The Kier molecular flexibility index (Phi) is 12.5. The number of urea groups is 1. The Bertz CT molecular complexity index is 2130. The first-order valence-corrected chi connectivity index (χ1v) is 19.9. The molecule has 2 N–H and O–H groups in total. The number of aromatic nitrogens is 3. The summed E-state index contributed by atoms with van der Waals surface area (Å²) in [5, 5.41) is 24.5. The van der Waals surface area contributed by atoms with Crippen LogP contribution in [0.1, 0.15) is 73.5 Å². The molecule has 300 valence electrons. The van der Waals surface area contributed by atoms with E-state index in [0.29, 0.717) is 47.5 Å². The number of carbonyl (C=O) groups is 3. The van der Waals surface area contributed by atoms with Gasteiger partial charge in [0.25, 0.3) is 5.91 Å². The van der Waals surface area contributed by atoms with Crippen LogP contribution in [0, 0.1) is 17.2 Å². The van der Waals surface area contributed by atoms with Crippen molar-refractivity contribution < 1.29 is 23.5 Å². The molecule has 8 rings (SSSR count). The SMILES string of the molecule is Cl.N#Cc1ccc(OC2CCC(NC(=O)c3ccc(N4CCC(CN5CC[C@H](n6ccc7c(N8CCC(=O)NC8=O)cccc76)[C@@H](F)C5)CC4)nn3)CC2)cc1Cl. The number of hydrogen-bond acceptors (Lipinski definition) is 9. The highest BCUT2D eigenvalue weighted by Crippen LogP contribution is 2.35. The molecule has 2 aromatic carbocycles. The lowest BCUT2D eigenvalue weighted by molar-refractivity contribution is -0.120. The zero-order valence-corrected chi connectivity index (χ0v) is 33.1. The minimum absolute atomic E-state index is 0. The van der Waals surface area contributed by atoms with Gasteiger partial charge in [-0.1, -0.05) is 17.7 Å². The Hall–Kier alpha value is -4.97. The molecule has 0 unspecified atom stereocenters. The van der Waals surface area contributed by atoms with Crippen LogP contribution in [0.15, 0.2) is 60.8 Å². The predicted octanol–water partition coefficient (Wildman–Crippen LogP) is 6.45. The van der Waals surface area contributed by atoms with Crippen LogP contribution in [0.5, 0.6) is 5.75 Å². The third kappa shape index (κ3) is 8.96. The first-order chi connectivity index (χ1) is 27.2. The number of anilines is 2. The second kappa shape index (κ2) is 17.7. The molecular weight excluding hydrogens is 772 g/mol. The number of likely N-dealkylation sites (tertiary alicyclic amines) is 1. The first-order valence-electron chi connectivity index (χ1n) is 19.6. The van der Waals surface area contributed by atoms with Crippen molar-refractivity contribution in [2.45, 2.75) is 75.7 Å². The molecular formula is C41H46Cl2FN9O4. The van der Waals surface area contributed by atoms with E-state index in [0.717, 1.165) is 87.1 Å². The average Bonchev–Trinajstić information content (AvgIpc) is 3.64. The van der Waals surface area contributed by atoms with Crippen molar-refractivity contribution in [2.24, 2.45) is 5.92 Å². The molecule has 3 aliphatic heterocycles. The minimum Gasteiger partial charge on any atom is -0.490 e. The number of alkyl halides is 1. The summed E-state index contributed by atoms with van der Waals surface area (Å²) in [4.78, 5) is 43.3. The number of nitriles is 1. The molecule has 5 heterocycles. The van der Waals surface area contributed by atoms with Crippen molar-refractivity contribution >= 4 is 64.3 Å². The van der Waals surface area contributed by atoms with Gasteiger partial charge in [-0.25, -0.2) is 9.18 Å². The summed E-state index contributed by atoms with van der Waals surface area (Å²) in [5.41, 5.74) is 2.31. The van der Waals surface area contributed by atoms with Crippen molar-refractivity contribution in [3.05, 3.63) is 77.1 Å². The van der Waals surface area contributed by atoms with Gasteiger partial charge in [0.1, 0.15) is 18.0 Å². The molecule has 4 amide bonds. The van der Waals surface area contributed by atoms with Crippen LogP contribution in [0.4, 0.5) is 20.7 Å². The summed E-state index contributed by atoms with van der Waals surface area (Å²) in [5.74, 6) is 1.33. The van der Waals surface area contributed by atoms with Crippen molar-refractivity contribution in [3.63, 3.8) is 0 Å². The Balaban J connectivity index is 0.00000496. The van der Waals surface area contributed by atoms with Gasteiger partial charge in [0, 0.05) is 69.4 Å². The predicted molar refractivity (Wildman–Crippen MR) is 217 cm³/mol. The molecule has 1 aliphatic carbocycles. The highest BCUT2D eigenvalue weighted by atomic mass is 35.5. The van der Waals surface area contributed by atoms with E-state index in [9.17, 15) is 14.4 Å². The third-order valence-corrected chi connectivity index (χ3v) is 12.1. The van der Waals surface area contributed by atoms with E-state index >= 15 is 4.39 Å². The molecule has 4 aromatic rings. The number of ether oxygens (including phenoxy) is 1. The number of nitrogens with zero attached hydrogens (tertiary/aromatic N) is 7. The summed E-state index contributed by atoms with van der Waals surface area (Å²) in [7, 11) is 0. The monoisotopic (exact) mass is 817 g/mol. The molecule has 2 aromatic heterocycles. The molecule has 4 aliphatic rings. The summed E-state index contributed by atoms with van der Waals surface area (Å²) in [6.45, 7) is 3.99. The summed E-state index contributed by atoms with van der Waals surface area (Å²) < 4.78 is 24.0. The standard InChI is InChI=1S/C41H45ClFN9O4.ClH/c42-32-22-30(7-4-27(32)23-44)56-29-8-5-28(6-9-29)45-40(54)34-10-11-38(48-47-34)50-18-12-26(13-19-50)24-49-17-15-37(33(43)25-49)51-20-14-31-35(51)2-1-3-36(31)52-21-16-39(53)46-41(52)55;/h1-4,7,10-11,14,20,22,26,28-29,33,37H,5-6,8-9,12-13,15-19,21,24-25H2,(H,45,54)(H,46,53,55);1H/t28?,29?,33-,37-;/m0./s1.